The minimum Gasteiger partial charge on any atom is -0.487 e. The van der Waals surface area contributed by atoms with Crippen LogP contribution in [0.25, 0.3) is 0 Å². The first-order valence-corrected chi connectivity index (χ1v) is 12.1. The van der Waals surface area contributed by atoms with E-state index in [9.17, 15) is 14.7 Å². The zero-order valence-corrected chi connectivity index (χ0v) is 20.4. The summed E-state index contributed by atoms with van der Waals surface area (Å²) < 4.78 is 22.9. The van der Waals surface area contributed by atoms with Crippen molar-refractivity contribution in [2.24, 2.45) is 0 Å². The van der Waals surface area contributed by atoms with Crippen molar-refractivity contribution in [3.63, 3.8) is 0 Å². The monoisotopic (exact) mass is 497 g/mol. The summed E-state index contributed by atoms with van der Waals surface area (Å²) in [7, 11) is 3.67. The number of nitrogens with zero attached hydrogens (tertiary/aromatic N) is 1. The number of carbonyl (C=O) groups excluding carboxylic acids is 2. The molecule has 2 aromatic rings. The number of aliphatic hydroxyl groups is 1. The van der Waals surface area contributed by atoms with E-state index >= 15 is 0 Å². The molecule has 2 amide bonds. The van der Waals surface area contributed by atoms with Crippen LogP contribution in [0.5, 0.6) is 17.2 Å². The first-order valence-electron chi connectivity index (χ1n) is 12.1. The van der Waals surface area contributed by atoms with Crippen molar-refractivity contribution >= 4 is 17.5 Å². The number of benzene rings is 2. The van der Waals surface area contributed by atoms with E-state index in [1.54, 1.807) is 11.0 Å². The average molecular weight is 498 g/mol. The van der Waals surface area contributed by atoms with Crippen molar-refractivity contribution in [3.8, 4) is 17.2 Å². The summed E-state index contributed by atoms with van der Waals surface area (Å²) in [5.41, 5.74) is 2.55. The molecule has 0 bridgehead atoms. The zero-order valence-electron chi connectivity index (χ0n) is 20.4. The van der Waals surface area contributed by atoms with Crippen LogP contribution in [-0.2, 0) is 20.9 Å². The lowest BCUT2D eigenvalue weighted by Crippen LogP contribution is -2.47. The van der Waals surface area contributed by atoms with Crippen LogP contribution in [0.3, 0.4) is 0 Å². The zero-order chi connectivity index (χ0) is 25.2. The largest absolute Gasteiger partial charge is 0.487 e. The minimum absolute atomic E-state index is 0.0525. The first-order chi connectivity index (χ1) is 17.4. The Bertz CT molecular complexity index is 1140. The molecule has 1 saturated heterocycles. The third kappa shape index (κ3) is 5.25. The van der Waals surface area contributed by atoms with Gasteiger partial charge in [-0.3, -0.25) is 9.59 Å². The molecule has 10 nitrogen and oxygen atoms in total. The third-order valence-corrected chi connectivity index (χ3v) is 6.58. The van der Waals surface area contributed by atoms with Crippen molar-refractivity contribution in [2.75, 3.05) is 39.4 Å². The van der Waals surface area contributed by atoms with Crippen molar-refractivity contribution in [1.82, 2.24) is 10.2 Å². The number of amides is 2. The van der Waals surface area contributed by atoms with Gasteiger partial charge in [0, 0.05) is 23.7 Å². The topological polar surface area (TPSA) is 119 Å². The van der Waals surface area contributed by atoms with Gasteiger partial charge in [-0.15, -0.1) is 0 Å². The summed E-state index contributed by atoms with van der Waals surface area (Å²) in [6, 6.07) is 11.1. The van der Waals surface area contributed by atoms with Crippen molar-refractivity contribution in [2.45, 2.75) is 43.6 Å². The van der Waals surface area contributed by atoms with Crippen LogP contribution in [0.1, 0.15) is 29.9 Å². The lowest BCUT2D eigenvalue weighted by Gasteiger charge is -2.37. The molecule has 3 N–H and O–H groups in total. The highest BCUT2D eigenvalue weighted by Crippen LogP contribution is 2.47. The lowest BCUT2D eigenvalue weighted by molar-refractivity contribution is -0.142. The van der Waals surface area contributed by atoms with Crippen molar-refractivity contribution in [3.05, 3.63) is 47.5 Å². The highest BCUT2D eigenvalue weighted by Gasteiger charge is 2.46. The number of rotatable bonds is 8. The van der Waals surface area contributed by atoms with Crippen LogP contribution < -0.4 is 24.8 Å². The molecular formula is C26H31N3O7. The second-order valence-electron chi connectivity index (χ2n) is 9.61. The van der Waals surface area contributed by atoms with Gasteiger partial charge in [-0.05, 0) is 56.4 Å². The molecule has 3 aliphatic heterocycles. The van der Waals surface area contributed by atoms with Gasteiger partial charge >= 0.3 is 0 Å². The van der Waals surface area contributed by atoms with Gasteiger partial charge in [0.25, 0.3) is 0 Å². The third-order valence-electron chi connectivity index (χ3n) is 6.58. The number of anilines is 1. The Morgan fingerprint density at radius 3 is 2.67 bits per heavy atom. The smallest absolute Gasteiger partial charge is 0.238 e. The number of ether oxygens (including phenoxy) is 4. The van der Waals surface area contributed by atoms with E-state index in [4.69, 9.17) is 18.9 Å². The van der Waals surface area contributed by atoms with Crippen LogP contribution in [0, 0.1) is 0 Å². The maximum absolute atomic E-state index is 12.7. The standard InChI is InChI=1S/C26H31N3O7/c1-29(2)12-25(32)28-16-4-6-20-18(8-16)19-9-17(35-23(13-30)26(19)36-20)10-24(31)27-11-15-3-5-21-22(7-15)34-14-33-21/h3-8,17,19,23,26,30H,9-14H2,1-2H3,(H,27,31)(H,28,32)/t17-,19-,23+,26+/m1/s1. The molecule has 36 heavy (non-hydrogen) atoms. The molecule has 3 aliphatic rings. The molecule has 0 spiro atoms. The van der Waals surface area contributed by atoms with Gasteiger partial charge in [-0.1, -0.05) is 6.07 Å². The fourth-order valence-corrected chi connectivity index (χ4v) is 4.99. The Morgan fingerprint density at radius 1 is 1.06 bits per heavy atom. The summed E-state index contributed by atoms with van der Waals surface area (Å²) in [6.07, 6.45) is -0.526. The van der Waals surface area contributed by atoms with Gasteiger partial charge in [0.2, 0.25) is 18.6 Å². The van der Waals surface area contributed by atoms with Crippen LogP contribution in [0.15, 0.2) is 36.4 Å². The van der Waals surface area contributed by atoms with Crippen LogP contribution in [0.2, 0.25) is 0 Å². The van der Waals surface area contributed by atoms with Gasteiger partial charge in [-0.25, -0.2) is 0 Å². The van der Waals surface area contributed by atoms with E-state index in [0.29, 0.717) is 35.9 Å². The molecule has 3 heterocycles. The highest BCUT2D eigenvalue weighted by atomic mass is 16.7. The second-order valence-corrected chi connectivity index (χ2v) is 9.61. The molecule has 2 aromatic carbocycles. The summed E-state index contributed by atoms with van der Waals surface area (Å²) in [5.74, 6) is 1.79. The predicted octanol–water partition coefficient (Wildman–Crippen LogP) is 1.62. The summed E-state index contributed by atoms with van der Waals surface area (Å²) in [6.45, 7) is 0.634. The normalized spacial score (nSPS) is 23.6. The van der Waals surface area contributed by atoms with Gasteiger partial charge in [0.15, 0.2) is 11.5 Å². The van der Waals surface area contributed by atoms with E-state index in [-0.39, 0.29) is 56.3 Å². The number of hydrogen-bond donors (Lipinski definition) is 3. The number of aliphatic hydroxyl groups excluding tert-OH is 1. The Kier molecular flexibility index (Phi) is 6.99. The molecule has 192 valence electrons. The number of fused-ring (bicyclic) bond motifs is 4. The number of carbonyl (C=O) groups is 2. The van der Waals surface area contributed by atoms with Crippen LogP contribution in [0.4, 0.5) is 5.69 Å². The Balaban J connectivity index is 1.22. The molecule has 5 rings (SSSR count). The predicted molar refractivity (Wildman–Crippen MR) is 130 cm³/mol. The van der Waals surface area contributed by atoms with E-state index < -0.39 is 6.10 Å². The van der Waals surface area contributed by atoms with Gasteiger partial charge < -0.3 is 39.6 Å². The maximum atomic E-state index is 12.7. The molecule has 0 unspecified atom stereocenters. The molecule has 0 saturated carbocycles. The molecule has 10 heteroatoms. The summed E-state index contributed by atoms with van der Waals surface area (Å²) in [4.78, 5) is 26.7. The average Bonchev–Trinajstić information content (AvgIpc) is 3.46. The fraction of sp³-hybridized carbons (Fsp3) is 0.462. The second kappa shape index (κ2) is 10.3. The first kappa shape index (κ1) is 24.4. The van der Waals surface area contributed by atoms with E-state index in [1.807, 2.05) is 44.4 Å². The number of likely N-dealkylation sites (N-methyl/N-ethyl adjacent to an activating group) is 1. The quantitative estimate of drug-likeness (QED) is 0.504. The van der Waals surface area contributed by atoms with E-state index in [1.165, 1.54) is 0 Å². The lowest BCUT2D eigenvalue weighted by atomic mass is 9.84. The molecule has 0 aromatic heterocycles. The van der Waals surface area contributed by atoms with Gasteiger partial charge in [0.05, 0.1) is 25.7 Å². The van der Waals surface area contributed by atoms with Crippen LogP contribution in [-0.4, -0.2) is 74.2 Å². The highest BCUT2D eigenvalue weighted by molar-refractivity contribution is 5.92. The number of hydrogen-bond acceptors (Lipinski definition) is 8. The van der Waals surface area contributed by atoms with E-state index in [2.05, 4.69) is 10.6 Å². The number of nitrogens with one attached hydrogen (secondary N) is 2. The molecule has 0 radical (unpaired) electrons. The summed E-state index contributed by atoms with van der Waals surface area (Å²) in [5, 5.41) is 15.8. The Labute approximate surface area is 209 Å². The Morgan fingerprint density at radius 2 is 1.86 bits per heavy atom. The van der Waals surface area contributed by atoms with Gasteiger partial charge in [0.1, 0.15) is 18.0 Å². The molecule has 1 fully saturated rings. The molecule has 0 aliphatic carbocycles. The SMILES string of the molecule is CN(C)CC(=O)Nc1ccc2c(c1)[C@H]1C[C@H](CC(=O)NCc3ccc4c(c3)OCO4)O[C@@H](CO)[C@H]1O2. The van der Waals surface area contributed by atoms with Crippen molar-refractivity contribution in [1.29, 1.82) is 0 Å². The molecular weight excluding hydrogens is 466 g/mol. The van der Waals surface area contributed by atoms with Gasteiger partial charge in [-0.2, -0.15) is 0 Å². The summed E-state index contributed by atoms with van der Waals surface area (Å²) >= 11 is 0. The Hall–Kier alpha value is -3.34. The van der Waals surface area contributed by atoms with E-state index in [0.717, 1.165) is 11.1 Å². The fourth-order valence-electron chi connectivity index (χ4n) is 4.99. The minimum atomic E-state index is -0.547. The van der Waals surface area contributed by atoms with Crippen LogP contribution >= 0.6 is 0 Å². The maximum Gasteiger partial charge on any atom is 0.238 e. The van der Waals surface area contributed by atoms with Crippen molar-refractivity contribution < 1.29 is 33.6 Å². The molecule has 4 atom stereocenters.